The zero-order chi connectivity index (χ0) is 22.0. The van der Waals surface area contributed by atoms with Crippen LogP contribution in [0.25, 0.3) is 0 Å². The fourth-order valence-electron chi connectivity index (χ4n) is 3.01. The topological polar surface area (TPSA) is 63.2 Å². The molecule has 0 saturated carbocycles. The quantitative estimate of drug-likeness (QED) is 0.413. The molecule has 0 heterocycles. The van der Waals surface area contributed by atoms with Gasteiger partial charge in [0.1, 0.15) is 0 Å². The van der Waals surface area contributed by atoms with E-state index >= 15 is 0 Å². The Bertz CT molecular complexity index is 889. The van der Waals surface area contributed by atoms with E-state index in [1.54, 1.807) is 12.1 Å². The van der Waals surface area contributed by atoms with E-state index in [1.807, 2.05) is 23.9 Å². The predicted molar refractivity (Wildman–Crippen MR) is 127 cm³/mol. The number of hydrogen-bond acceptors (Lipinski definition) is 4. The van der Waals surface area contributed by atoms with Crippen LogP contribution in [-0.2, 0) is 21.5 Å². The molecule has 0 radical (unpaired) electrons. The van der Waals surface area contributed by atoms with Crippen molar-refractivity contribution in [3.8, 4) is 0 Å². The molecule has 2 aromatic carbocycles. The first kappa shape index (κ1) is 24.5. The van der Waals surface area contributed by atoms with E-state index in [9.17, 15) is 13.2 Å². The molecule has 0 unspecified atom stereocenters. The second kappa shape index (κ2) is 12.2. The number of hydrogen-bond donors (Lipinski definition) is 1. The average Bonchev–Trinajstić information content (AvgIpc) is 2.72. The lowest BCUT2D eigenvalue weighted by Gasteiger charge is -2.08. The normalized spacial score (nSPS) is 11.6. The predicted octanol–water partition coefficient (Wildman–Crippen LogP) is 5.88. The fraction of sp³-hybridized carbons (Fsp3) is 0.458. The molecule has 0 spiro atoms. The van der Waals surface area contributed by atoms with Crippen LogP contribution in [0, 0.1) is 0 Å². The minimum absolute atomic E-state index is 0.00832. The highest BCUT2D eigenvalue weighted by molar-refractivity contribution is 7.97. The van der Waals surface area contributed by atoms with Crippen LogP contribution in [0.5, 0.6) is 0 Å². The third kappa shape index (κ3) is 8.52. The van der Waals surface area contributed by atoms with Crippen LogP contribution in [0.2, 0.25) is 0 Å². The summed E-state index contributed by atoms with van der Waals surface area (Å²) >= 11 is 1.81. The number of sulfonamides is 1. The van der Waals surface area contributed by atoms with Crippen molar-refractivity contribution in [2.24, 2.45) is 0 Å². The van der Waals surface area contributed by atoms with E-state index in [4.69, 9.17) is 0 Å². The maximum Gasteiger partial charge on any atom is 0.264 e. The first-order valence-corrected chi connectivity index (χ1v) is 13.4. The molecular formula is C24H33NO3S2. The Morgan fingerprint density at radius 1 is 0.900 bits per heavy atom. The summed E-state index contributed by atoms with van der Waals surface area (Å²) in [6, 6.07) is 15.9. The van der Waals surface area contributed by atoms with Crippen molar-refractivity contribution in [2.45, 2.75) is 63.9 Å². The van der Waals surface area contributed by atoms with Crippen LogP contribution in [-0.4, -0.2) is 20.1 Å². The largest absolute Gasteiger partial charge is 0.268 e. The molecule has 2 aromatic rings. The van der Waals surface area contributed by atoms with Gasteiger partial charge in [0.15, 0.2) is 0 Å². The Labute approximate surface area is 185 Å². The molecule has 0 aliphatic carbocycles. The van der Waals surface area contributed by atoms with Crippen LogP contribution < -0.4 is 4.72 Å². The molecule has 164 valence electrons. The van der Waals surface area contributed by atoms with Gasteiger partial charge in [-0.25, -0.2) is 13.1 Å². The van der Waals surface area contributed by atoms with Gasteiger partial charge in [-0.1, -0.05) is 76.4 Å². The van der Waals surface area contributed by atoms with Crippen LogP contribution in [0.4, 0.5) is 0 Å². The Morgan fingerprint density at radius 3 is 2.00 bits per heavy atom. The van der Waals surface area contributed by atoms with Crippen molar-refractivity contribution in [1.29, 1.82) is 0 Å². The number of carbonyl (C=O) groups excluding carboxylic acids is 1. The summed E-state index contributed by atoms with van der Waals surface area (Å²) in [4.78, 5) is 12.2. The van der Waals surface area contributed by atoms with Crippen LogP contribution >= 0.6 is 11.8 Å². The van der Waals surface area contributed by atoms with Crippen molar-refractivity contribution >= 4 is 27.7 Å². The molecule has 1 N–H and O–H groups in total. The van der Waals surface area contributed by atoms with Crippen LogP contribution in [0.3, 0.4) is 0 Å². The molecule has 0 bridgehead atoms. The molecule has 1 amide bonds. The minimum Gasteiger partial charge on any atom is -0.268 e. The summed E-state index contributed by atoms with van der Waals surface area (Å²) in [6.07, 6.45) is 3.49. The SMILES string of the molecule is CCCCCCS(=O)(=O)NC(=O)c1ccc(CSCc2ccc(C(C)C)cc2)cc1. The number of carbonyl (C=O) groups is 1. The lowest BCUT2D eigenvalue weighted by molar-refractivity contribution is 0.0981. The highest BCUT2D eigenvalue weighted by Gasteiger charge is 2.15. The maximum absolute atomic E-state index is 12.2. The smallest absolute Gasteiger partial charge is 0.264 e. The van der Waals surface area contributed by atoms with Gasteiger partial charge in [-0.2, -0.15) is 11.8 Å². The number of thioether (sulfide) groups is 1. The van der Waals surface area contributed by atoms with Crippen molar-refractivity contribution in [3.63, 3.8) is 0 Å². The molecule has 0 saturated heterocycles. The van der Waals surface area contributed by atoms with Gasteiger partial charge >= 0.3 is 0 Å². The fourth-order valence-corrected chi connectivity index (χ4v) is 5.05. The van der Waals surface area contributed by atoms with Gasteiger partial charge in [0.25, 0.3) is 5.91 Å². The molecule has 30 heavy (non-hydrogen) atoms. The first-order valence-electron chi connectivity index (χ1n) is 10.6. The Hall–Kier alpha value is -1.79. The Kier molecular flexibility index (Phi) is 9.92. The van der Waals surface area contributed by atoms with E-state index in [0.29, 0.717) is 17.9 Å². The monoisotopic (exact) mass is 447 g/mol. The second-order valence-corrected chi connectivity index (χ2v) is 10.7. The zero-order valence-corrected chi connectivity index (χ0v) is 19.8. The Balaban J connectivity index is 1.80. The molecule has 0 aliphatic rings. The minimum atomic E-state index is -3.58. The van der Waals surface area contributed by atoms with E-state index in [0.717, 1.165) is 36.3 Å². The van der Waals surface area contributed by atoms with Crippen molar-refractivity contribution in [3.05, 3.63) is 70.8 Å². The highest BCUT2D eigenvalue weighted by atomic mass is 32.2. The number of amides is 1. The molecule has 0 fully saturated rings. The summed E-state index contributed by atoms with van der Waals surface area (Å²) in [5, 5.41) is 0. The summed E-state index contributed by atoms with van der Waals surface area (Å²) in [6.45, 7) is 6.45. The van der Waals surface area contributed by atoms with E-state index < -0.39 is 15.9 Å². The van der Waals surface area contributed by atoms with Crippen molar-refractivity contribution in [1.82, 2.24) is 4.72 Å². The van der Waals surface area contributed by atoms with Gasteiger partial charge in [-0.15, -0.1) is 0 Å². The molecule has 0 aromatic heterocycles. The summed E-state index contributed by atoms with van der Waals surface area (Å²) in [5.74, 6) is 1.74. The Morgan fingerprint density at radius 2 is 1.47 bits per heavy atom. The van der Waals surface area contributed by atoms with Crippen molar-refractivity contribution in [2.75, 3.05) is 5.75 Å². The maximum atomic E-state index is 12.2. The van der Waals surface area contributed by atoms with Gasteiger partial charge in [-0.3, -0.25) is 4.79 Å². The molecule has 0 atom stereocenters. The summed E-state index contributed by atoms with van der Waals surface area (Å²) in [7, 11) is -3.58. The standard InChI is InChI=1S/C24H33NO3S2/c1-4-5-6-7-16-30(27,28)25-24(26)23-14-10-21(11-15-23)18-29-17-20-8-12-22(13-9-20)19(2)3/h8-15,19H,4-7,16-18H2,1-3H3,(H,25,26). The van der Waals surface area contributed by atoms with E-state index in [-0.39, 0.29) is 5.75 Å². The third-order valence-corrected chi connectivity index (χ3v) is 7.31. The summed E-state index contributed by atoms with van der Waals surface area (Å²) in [5.41, 5.74) is 4.12. The molecule has 2 rings (SSSR count). The molecule has 0 aliphatic heterocycles. The number of nitrogens with one attached hydrogen (secondary N) is 1. The van der Waals surface area contributed by atoms with Gasteiger partial charge < -0.3 is 0 Å². The van der Waals surface area contributed by atoms with E-state index in [2.05, 4.69) is 49.8 Å². The zero-order valence-electron chi connectivity index (χ0n) is 18.2. The lowest BCUT2D eigenvalue weighted by atomic mass is 10.0. The van der Waals surface area contributed by atoms with Gasteiger partial charge in [0.05, 0.1) is 5.75 Å². The highest BCUT2D eigenvalue weighted by Crippen LogP contribution is 2.21. The molecular weight excluding hydrogens is 414 g/mol. The van der Waals surface area contributed by atoms with Crippen molar-refractivity contribution < 1.29 is 13.2 Å². The van der Waals surface area contributed by atoms with Crippen LogP contribution in [0.15, 0.2) is 48.5 Å². The molecule has 4 nitrogen and oxygen atoms in total. The van der Waals surface area contributed by atoms with Gasteiger partial charge in [0.2, 0.25) is 10.0 Å². The average molecular weight is 448 g/mol. The number of benzene rings is 2. The van der Waals surface area contributed by atoms with Crippen LogP contribution in [0.1, 0.15) is 79.4 Å². The number of rotatable bonds is 12. The van der Waals surface area contributed by atoms with Gasteiger partial charge in [-0.05, 0) is 41.2 Å². The first-order chi connectivity index (χ1) is 14.3. The van der Waals surface area contributed by atoms with Gasteiger partial charge in [0, 0.05) is 17.1 Å². The third-order valence-electron chi connectivity index (χ3n) is 4.91. The van der Waals surface area contributed by atoms with E-state index in [1.165, 1.54) is 11.1 Å². The second-order valence-electron chi connectivity index (χ2n) is 7.90. The molecule has 6 heteroatoms. The lowest BCUT2D eigenvalue weighted by Crippen LogP contribution is -2.32. The number of unbranched alkanes of at least 4 members (excludes halogenated alkanes) is 3. The summed E-state index contributed by atoms with van der Waals surface area (Å²) < 4.78 is 26.3.